The fourth-order valence-electron chi connectivity index (χ4n) is 2.13. The number of nitrogens with zero attached hydrogens (tertiary/aromatic N) is 1. The molecule has 0 aliphatic rings. The zero-order valence-corrected chi connectivity index (χ0v) is 14.8. The van der Waals surface area contributed by atoms with Crippen LogP contribution >= 0.6 is 11.3 Å². The third-order valence-corrected chi connectivity index (χ3v) is 4.10. The molecular weight excluding hydrogens is 395 g/mol. The quantitative estimate of drug-likeness (QED) is 0.651. The number of nitrogens with one attached hydrogen (secondary N) is 2. The van der Waals surface area contributed by atoms with Crippen LogP contribution in [0.5, 0.6) is 5.75 Å². The van der Waals surface area contributed by atoms with Crippen molar-refractivity contribution < 1.29 is 27.5 Å². The first-order valence-electron chi connectivity index (χ1n) is 7.79. The highest BCUT2D eigenvalue weighted by molar-refractivity contribution is 7.14. The fourth-order valence-corrected chi connectivity index (χ4v) is 2.82. The molecular formula is C18H12F3N3O3S. The highest BCUT2D eigenvalue weighted by Gasteiger charge is 2.31. The van der Waals surface area contributed by atoms with E-state index < -0.39 is 18.0 Å². The van der Waals surface area contributed by atoms with E-state index in [0.717, 1.165) is 23.5 Å². The van der Waals surface area contributed by atoms with Gasteiger partial charge in [0.1, 0.15) is 11.4 Å². The van der Waals surface area contributed by atoms with Crippen LogP contribution < -0.4 is 15.4 Å². The summed E-state index contributed by atoms with van der Waals surface area (Å²) in [6.45, 7) is 0. The van der Waals surface area contributed by atoms with E-state index in [1.807, 2.05) is 0 Å². The zero-order chi connectivity index (χ0) is 20.1. The van der Waals surface area contributed by atoms with E-state index in [2.05, 4.69) is 20.4 Å². The fraction of sp³-hybridized carbons (Fsp3) is 0.0556. The Balaban J connectivity index is 1.60. The maximum atomic E-state index is 12.2. The average Bonchev–Trinajstić information content (AvgIpc) is 3.11. The lowest BCUT2D eigenvalue weighted by molar-refractivity contribution is -0.274. The van der Waals surface area contributed by atoms with E-state index in [1.165, 1.54) is 17.5 Å². The molecule has 0 fully saturated rings. The van der Waals surface area contributed by atoms with Gasteiger partial charge in [0.05, 0.1) is 0 Å². The van der Waals surface area contributed by atoms with Crippen molar-refractivity contribution in [2.24, 2.45) is 0 Å². The van der Waals surface area contributed by atoms with E-state index in [0.29, 0.717) is 5.56 Å². The number of thiazole rings is 1. The summed E-state index contributed by atoms with van der Waals surface area (Å²) in [6, 6.07) is 13.2. The second-order valence-corrected chi connectivity index (χ2v) is 6.24. The number of rotatable bonds is 5. The SMILES string of the molecule is O=C(Nc1nc(C(=O)Nc2ccc(OC(F)(F)F)cc2)cs1)c1ccccc1. The number of hydrogen-bond acceptors (Lipinski definition) is 5. The number of ether oxygens (including phenoxy) is 1. The van der Waals surface area contributed by atoms with E-state index in [9.17, 15) is 22.8 Å². The highest BCUT2D eigenvalue weighted by Crippen LogP contribution is 2.24. The molecule has 0 radical (unpaired) electrons. The molecule has 0 saturated heterocycles. The molecule has 0 aliphatic carbocycles. The third-order valence-electron chi connectivity index (χ3n) is 3.34. The lowest BCUT2D eigenvalue weighted by Gasteiger charge is -2.09. The summed E-state index contributed by atoms with van der Waals surface area (Å²) in [5.41, 5.74) is 0.774. The van der Waals surface area contributed by atoms with Gasteiger partial charge >= 0.3 is 6.36 Å². The second-order valence-electron chi connectivity index (χ2n) is 5.38. The number of carbonyl (C=O) groups excluding carboxylic acids is 2. The van der Waals surface area contributed by atoms with Crippen LogP contribution in [0.15, 0.2) is 60.0 Å². The van der Waals surface area contributed by atoms with Crippen LogP contribution in [0.1, 0.15) is 20.8 Å². The first-order valence-corrected chi connectivity index (χ1v) is 8.67. The van der Waals surface area contributed by atoms with Crippen molar-refractivity contribution in [1.29, 1.82) is 0 Å². The first-order chi connectivity index (χ1) is 13.3. The van der Waals surface area contributed by atoms with Gasteiger partial charge in [-0.25, -0.2) is 4.98 Å². The van der Waals surface area contributed by atoms with E-state index >= 15 is 0 Å². The minimum atomic E-state index is -4.79. The average molecular weight is 407 g/mol. The molecule has 2 aromatic carbocycles. The number of amides is 2. The Morgan fingerprint density at radius 1 is 0.929 bits per heavy atom. The van der Waals surface area contributed by atoms with Crippen LogP contribution in [0, 0.1) is 0 Å². The van der Waals surface area contributed by atoms with Gasteiger partial charge < -0.3 is 10.1 Å². The Bertz CT molecular complexity index is 973. The van der Waals surface area contributed by atoms with Gasteiger partial charge in [-0.05, 0) is 36.4 Å². The maximum absolute atomic E-state index is 12.2. The summed E-state index contributed by atoms with van der Waals surface area (Å²) < 4.78 is 40.2. The number of carbonyl (C=O) groups is 2. The number of aromatic nitrogens is 1. The summed E-state index contributed by atoms with van der Waals surface area (Å²) in [7, 11) is 0. The van der Waals surface area contributed by atoms with Crippen LogP contribution in [0.25, 0.3) is 0 Å². The van der Waals surface area contributed by atoms with Gasteiger partial charge in [0.2, 0.25) is 0 Å². The van der Waals surface area contributed by atoms with Gasteiger partial charge in [-0.1, -0.05) is 18.2 Å². The number of hydrogen-bond donors (Lipinski definition) is 2. The van der Waals surface area contributed by atoms with Gasteiger partial charge in [-0.3, -0.25) is 14.9 Å². The standard InChI is InChI=1S/C18H12F3N3O3S/c19-18(20,21)27-13-8-6-12(7-9-13)22-16(26)14-10-28-17(23-14)24-15(25)11-4-2-1-3-5-11/h1-10H,(H,22,26)(H,23,24,25). The Morgan fingerprint density at radius 3 is 2.25 bits per heavy atom. The van der Waals surface area contributed by atoms with E-state index in [-0.39, 0.29) is 22.4 Å². The smallest absolute Gasteiger partial charge is 0.406 e. The van der Waals surface area contributed by atoms with Crippen molar-refractivity contribution in [3.8, 4) is 5.75 Å². The minimum Gasteiger partial charge on any atom is -0.406 e. The molecule has 28 heavy (non-hydrogen) atoms. The maximum Gasteiger partial charge on any atom is 0.573 e. The Morgan fingerprint density at radius 2 is 1.61 bits per heavy atom. The molecule has 0 atom stereocenters. The zero-order valence-electron chi connectivity index (χ0n) is 14.0. The number of halogens is 3. The summed E-state index contributed by atoms with van der Waals surface area (Å²) in [4.78, 5) is 28.3. The summed E-state index contributed by atoms with van der Waals surface area (Å²) in [6.07, 6.45) is -4.79. The predicted molar refractivity (Wildman–Crippen MR) is 97.6 cm³/mol. The van der Waals surface area contributed by atoms with Gasteiger partial charge in [0, 0.05) is 16.6 Å². The van der Waals surface area contributed by atoms with Crippen molar-refractivity contribution >= 4 is 34.0 Å². The molecule has 144 valence electrons. The summed E-state index contributed by atoms with van der Waals surface area (Å²) in [5.74, 6) is -1.33. The molecule has 0 aliphatic heterocycles. The molecule has 0 saturated carbocycles. The van der Waals surface area contributed by atoms with Crippen LogP contribution in [0.4, 0.5) is 24.0 Å². The largest absolute Gasteiger partial charge is 0.573 e. The van der Waals surface area contributed by atoms with Gasteiger partial charge in [0.15, 0.2) is 5.13 Å². The lowest BCUT2D eigenvalue weighted by Crippen LogP contribution is -2.17. The Kier molecular flexibility index (Phi) is 5.59. The van der Waals surface area contributed by atoms with Crippen molar-refractivity contribution in [2.75, 3.05) is 10.6 Å². The first kappa shape index (κ1) is 19.4. The normalized spacial score (nSPS) is 11.0. The predicted octanol–water partition coefficient (Wildman–Crippen LogP) is 4.55. The lowest BCUT2D eigenvalue weighted by atomic mass is 10.2. The third kappa shape index (κ3) is 5.30. The molecule has 0 spiro atoms. The molecule has 0 unspecified atom stereocenters. The Labute approximate surface area is 161 Å². The molecule has 2 N–H and O–H groups in total. The summed E-state index contributed by atoms with van der Waals surface area (Å²) in [5, 5.41) is 6.79. The molecule has 2 amide bonds. The van der Waals surface area contributed by atoms with Gasteiger partial charge in [-0.15, -0.1) is 24.5 Å². The Hall–Kier alpha value is -3.40. The van der Waals surface area contributed by atoms with E-state index in [1.54, 1.807) is 30.3 Å². The van der Waals surface area contributed by atoms with Gasteiger partial charge in [-0.2, -0.15) is 0 Å². The van der Waals surface area contributed by atoms with Gasteiger partial charge in [0.25, 0.3) is 11.8 Å². The second kappa shape index (κ2) is 8.09. The van der Waals surface area contributed by atoms with Crippen molar-refractivity contribution in [2.45, 2.75) is 6.36 Å². The molecule has 6 nitrogen and oxygen atoms in total. The molecule has 1 aromatic heterocycles. The van der Waals surface area contributed by atoms with Crippen LogP contribution in [0.2, 0.25) is 0 Å². The van der Waals surface area contributed by atoms with Crippen molar-refractivity contribution in [3.63, 3.8) is 0 Å². The molecule has 0 bridgehead atoms. The van der Waals surface area contributed by atoms with Crippen LogP contribution in [-0.4, -0.2) is 23.2 Å². The minimum absolute atomic E-state index is 0.0592. The molecule has 3 aromatic rings. The topological polar surface area (TPSA) is 80.3 Å². The van der Waals surface area contributed by atoms with Crippen molar-refractivity contribution in [1.82, 2.24) is 4.98 Å². The van der Waals surface area contributed by atoms with E-state index in [4.69, 9.17) is 0 Å². The summed E-state index contributed by atoms with van der Waals surface area (Å²) >= 11 is 1.07. The molecule has 1 heterocycles. The number of alkyl halides is 3. The number of anilines is 2. The monoisotopic (exact) mass is 407 g/mol. The van der Waals surface area contributed by atoms with Crippen LogP contribution in [-0.2, 0) is 0 Å². The number of benzene rings is 2. The van der Waals surface area contributed by atoms with Crippen LogP contribution in [0.3, 0.4) is 0 Å². The van der Waals surface area contributed by atoms with Crippen molar-refractivity contribution in [3.05, 3.63) is 71.2 Å². The molecule has 3 rings (SSSR count). The molecule has 10 heteroatoms. The highest BCUT2D eigenvalue weighted by atomic mass is 32.1.